The number of hydrogen-bond donors (Lipinski definition) is 2. The van der Waals surface area contributed by atoms with Crippen molar-refractivity contribution in [2.45, 2.75) is 26.3 Å². The van der Waals surface area contributed by atoms with Crippen LogP contribution in [0.4, 0.5) is 5.82 Å². The number of fused-ring (bicyclic) bond motifs is 1. The summed E-state index contributed by atoms with van der Waals surface area (Å²) >= 11 is 0. The molecule has 0 atom stereocenters. The van der Waals surface area contributed by atoms with E-state index in [2.05, 4.69) is 20.3 Å². The highest BCUT2D eigenvalue weighted by atomic mass is 16.1. The summed E-state index contributed by atoms with van der Waals surface area (Å²) in [4.78, 5) is 25.2. The number of hydrogen-bond acceptors (Lipinski definition) is 6. The SMILES string of the molecule is [B]c1ccnc(C(=O)NCC(C)(C)n2nc(-c3ccc(C)cc3)c3c(N)ncnc32)c1. The zero-order valence-corrected chi connectivity index (χ0v) is 17.6. The van der Waals surface area contributed by atoms with Crippen LogP contribution in [0.2, 0.25) is 0 Å². The van der Waals surface area contributed by atoms with Crippen LogP contribution < -0.4 is 16.5 Å². The van der Waals surface area contributed by atoms with Gasteiger partial charge in [-0.2, -0.15) is 5.10 Å². The van der Waals surface area contributed by atoms with Crippen LogP contribution in [0.5, 0.6) is 0 Å². The minimum Gasteiger partial charge on any atom is -0.383 e. The fourth-order valence-electron chi connectivity index (χ4n) is 3.34. The molecule has 0 bridgehead atoms. The third-order valence-electron chi connectivity index (χ3n) is 5.09. The van der Waals surface area contributed by atoms with Gasteiger partial charge in [0.1, 0.15) is 31.4 Å². The van der Waals surface area contributed by atoms with Gasteiger partial charge in [-0.05, 0) is 26.8 Å². The summed E-state index contributed by atoms with van der Waals surface area (Å²) in [5.74, 6) is 0.0420. The van der Waals surface area contributed by atoms with Gasteiger partial charge in [0.05, 0.1) is 10.9 Å². The Labute approximate surface area is 181 Å². The largest absolute Gasteiger partial charge is 0.383 e. The number of rotatable bonds is 5. The van der Waals surface area contributed by atoms with Crippen molar-refractivity contribution in [1.29, 1.82) is 0 Å². The number of amides is 1. The average molecular weight is 411 g/mol. The van der Waals surface area contributed by atoms with Gasteiger partial charge in [0.25, 0.3) is 5.91 Å². The van der Waals surface area contributed by atoms with E-state index in [0.717, 1.165) is 11.1 Å². The number of aryl methyl sites for hydroxylation is 1. The van der Waals surface area contributed by atoms with Gasteiger partial charge in [-0.1, -0.05) is 41.4 Å². The maximum atomic E-state index is 12.5. The standard InChI is InChI=1S/C22H22BN7O/c1-13-4-6-14(7-5-13)18-17-19(24)27-12-28-20(17)30(29-18)22(2,3)11-26-21(31)16-10-15(23)8-9-25-16/h4-10,12H,11H2,1-3H3,(H,26,31)(H2,24,27,28). The van der Waals surface area contributed by atoms with E-state index in [1.54, 1.807) is 10.7 Å². The van der Waals surface area contributed by atoms with Gasteiger partial charge < -0.3 is 11.1 Å². The van der Waals surface area contributed by atoms with E-state index in [-0.39, 0.29) is 18.1 Å². The van der Waals surface area contributed by atoms with Crippen molar-refractivity contribution < 1.29 is 4.79 Å². The lowest BCUT2D eigenvalue weighted by Gasteiger charge is -2.26. The first-order valence-corrected chi connectivity index (χ1v) is 9.83. The number of aromatic nitrogens is 5. The van der Waals surface area contributed by atoms with E-state index in [1.165, 1.54) is 18.6 Å². The monoisotopic (exact) mass is 411 g/mol. The first kappa shape index (κ1) is 20.5. The van der Waals surface area contributed by atoms with Crippen LogP contribution in [0.1, 0.15) is 29.9 Å². The van der Waals surface area contributed by atoms with Crippen molar-refractivity contribution in [1.82, 2.24) is 30.0 Å². The van der Waals surface area contributed by atoms with Crippen LogP contribution in [0, 0.1) is 6.92 Å². The molecule has 0 aliphatic rings. The number of carbonyl (C=O) groups excluding carboxylic acids is 1. The van der Waals surface area contributed by atoms with Crippen LogP contribution in [0.15, 0.2) is 48.9 Å². The Bertz CT molecular complexity index is 1260. The molecule has 1 aromatic carbocycles. The lowest BCUT2D eigenvalue weighted by Crippen LogP contribution is -2.41. The lowest BCUT2D eigenvalue weighted by molar-refractivity contribution is 0.0931. The predicted molar refractivity (Wildman–Crippen MR) is 121 cm³/mol. The van der Waals surface area contributed by atoms with Crippen LogP contribution in [-0.2, 0) is 5.54 Å². The van der Waals surface area contributed by atoms with Gasteiger partial charge in [0, 0.05) is 18.3 Å². The highest BCUT2D eigenvalue weighted by molar-refractivity contribution is 6.32. The van der Waals surface area contributed by atoms with E-state index in [9.17, 15) is 4.79 Å². The van der Waals surface area contributed by atoms with Gasteiger partial charge in [-0.15, -0.1) is 0 Å². The number of pyridine rings is 1. The van der Waals surface area contributed by atoms with Crippen LogP contribution >= 0.6 is 0 Å². The molecule has 3 N–H and O–H groups in total. The number of benzene rings is 1. The maximum Gasteiger partial charge on any atom is 0.269 e. The fraction of sp³-hybridized carbons (Fsp3) is 0.227. The molecule has 4 aromatic rings. The Morgan fingerprint density at radius 3 is 2.61 bits per heavy atom. The first-order valence-electron chi connectivity index (χ1n) is 9.83. The second kappa shape index (κ2) is 7.83. The summed E-state index contributed by atoms with van der Waals surface area (Å²) in [7, 11) is 5.75. The summed E-state index contributed by atoms with van der Waals surface area (Å²) < 4.78 is 1.78. The quantitative estimate of drug-likeness (QED) is 0.484. The Kier molecular flexibility index (Phi) is 5.18. The minimum absolute atomic E-state index is 0.257. The van der Waals surface area contributed by atoms with Gasteiger partial charge in [0.15, 0.2) is 5.65 Å². The number of nitrogen functional groups attached to an aromatic ring is 1. The minimum atomic E-state index is -0.613. The molecule has 0 spiro atoms. The molecule has 0 aliphatic carbocycles. The second-order valence-corrected chi connectivity index (χ2v) is 8.05. The molecule has 3 heterocycles. The average Bonchev–Trinajstić information content (AvgIpc) is 3.15. The number of anilines is 1. The van der Waals surface area contributed by atoms with Gasteiger partial charge in [0.2, 0.25) is 0 Å². The molecule has 2 radical (unpaired) electrons. The smallest absolute Gasteiger partial charge is 0.269 e. The topological polar surface area (TPSA) is 112 Å². The molecular weight excluding hydrogens is 389 g/mol. The number of nitrogens with one attached hydrogen (secondary N) is 1. The Hall–Kier alpha value is -3.75. The molecule has 3 aromatic heterocycles. The fourth-order valence-corrected chi connectivity index (χ4v) is 3.34. The summed E-state index contributed by atoms with van der Waals surface area (Å²) in [5.41, 5.74) is 9.69. The van der Waals surface area contributed by atoms with Crippen molar-refractivity contribution in [3.05, 3.63) is 60.2 Å². The molecule has 0 fully saturated rings. The van der Waals surface area contributed by atoms with Crippen molar-refractivity contribution in [3.8, 4) is 11.3 Å². The molecule has 1 amide bonds. The van der Waals surface area contributed by atoms with Crippen molar-refractivity contribution in [2.75, 3.05) is 12.3 Å². The highest BCUT2D eigenvalue weighted by Gasteiger charge is 2.28. The molecule has 0 saturated heterocycles. The van der Waals surface area contributed by atoms with Crippen molar-refractivity contribution in [3.63, 3.8) is 0 Å². The zero-order chi connectivity index (χ0) is 22.2. The number of carbonyl (C=O) groups is 1. The third kappa shape index (κ3) is 3.99. The van der Waals surface area contributed by atoms with Crippen LogP contribution in [-0.4, -0.2) is 45.0 Å². The normalized spacial score (nSPS) is 11.6. The molecule has 31 heavy (non-hydrogen) atoms. The summed E-state index contributed by atoms with van der Waals surface area (Å²) in [6.45, 7) is 6.24. The molecule has 0 unspecified atom stereocenters. The second-order valence-electron chi connectivity index (χ2n) is 8.05. The van der Waals surface area contributed by atoms with Crippen molar-refractivity contribution >= 4 is 36.1 Å². The van der Waals surface area contributed by atoms with E-state index in [1.807, 2.05) is 45.0 Å². The van der Waals surface area contributed by atoms with Gasteiger partial charge in [-0.3, -0.25) is 9.78 Å². The van der Waals surface area contributed by atoms with Crippen LogP contribution in [0.3, 0.4) is 0 Å². The molecule has 4 rings (SSSR count). The molecule has 0 aliphatic heterocycles. The first-order chi connectivity index (χ1) is 14.8. The number of nitrogens with two attached hydrogens (primary N) is 1. The summed E-state index contributed by atoms with van der Waals surface area (Å²) in [6.07, 6.45) is 2.92. The van der Waals surface area contributed by atoms with E-state index < -0.39 is 5.54 Å². The Morgan fingerprint density at radius 1 is 1.16 bits per heavy atom. The van der Waals surface area contributed by atoms with E-state index in [0.29, 0.717) is 28.0 Å². The Balaban J connectivity index is 1.70. The van der Waals surface area contributed by atoms with Crippen molar-refractivity contribution in [2.24, 2.45) is 0 Å². The lowest BCUT2D eigenvalue weighted by atomic mass is 9.97. The molecule has 8 nitrogen and oxygen atoms in total. The molecule has 154 valence electrons. The molecule has 9 heteroatoms. The van der Waals surface area contributed by atoms with Gasteiger partial charge >= 0.3 is 0 Å². The third-order valence-corrected chi connectivity index (χ3v) is 5.09. The summed E-state index contributed by atoms with van der Waals surface area (Å²) in [6, 6.07) is 11.2. The zero-order valence-electron chi connectivity index (χ0n) is 17.6. The Morgan fingerprint density at radius 2 is 1.90 bits per heavy atom. The molecule has 0 saturated carbocycles. The highest BCUT2D eigenvalue weighted by Crippen LogP contribution is 2.32. The van der Waals surface area contributed by atoms with E-state index >= 15 is 0 Å². The molecular formula is C22H22BN7O. The van der Waals surface area contributed by atoms with Crippen LogP contribution in [0.25, 0.3) is 22.3 Å². The van der Waals surface area contributed by atoms with Gasteiger partial charge in [-0.25, -0.2) is 14.6 Å². The predicted octanol–water partition coefficient (Wildman–Crippen LogP) is 1.74. The maximum absolute atomic E-state index is 12.5. The van der Waals surface area contributed by atoms with E-state index in [4.69, 9.17) is 18.7 Å². The number of nitrogens with zero attached hydrogens (tertiary/aromatic N) is 5. The summed E-state index contributed by atoms with van der Waals surface area (Å²) in [5, 5.41) is 8.43.